The van der Waals surface area contributed by atoms with Crippen LogP contribution in [0, 0.1) is 5.92 Å². The van der Waals surface area contributed by atoms with Gasteiger partial charge in [-0.3, -0.25) is 4.99 Å². The first-order chi connectivity index (χ1) is 12.4. The molecule has 26 heavy (non-hydrogen) atoms. The Hall–Kier alpha value is -0.900. The normalized spacial score (nSPS) is 17.7. The summed E-state index contributed by atoms with van der Waals surface area (Å²) in [6.45, 7) is 8.41. The van der Waals surface area contributed by atoms with Crippen LogP contribution >= 0.6 is 0 Å². The van der Waals surface area contributed by atoms with Crippen molar-refractivity contribution < 1.29 is 13.2 Å². The van der Waals surface area contributed by atoms with Crippen molar-refractivity contribution in [2.24, 2.45) is 10.9 Å². The fraction of sp³-hybridized carbons (Fsp3) is 0.941. The molecule has 1 fully saturated rings. The molecule has 0 unspecified atom stereocenters. The van der Waals surface area contributed by atoms with Crippen LogP contribution in [0.5, 0.6) is 0 Å². The molecule has 0 saturated carbocycles. The van der Waals surface area contributed by atoms with Gasteiger partial charge in [-0.2, -0.15) is 0 Å². The maximum absolute atomic E-state index is 11.6. The van der Waals surface area contributed by atoms with Gasteiger partial charge in [-0.1, -0.05) is 0 Å². The van der Waals surface area contributed by atoms with E-state index >= 15 is 0 Å². The molecule has 0 radical (unpaired) electrons. The van der Waals surface area contributed by atoms with Crippen molar-refractivity contribution in [1.82, 2.24) is 19.8 Å². The lowest BCUT2D eigenvalue weighted by atomic mass is 9.98. The Kier molecular flexibility index (Phi) is 11.1. The highest BCUT2D eigenvalue weighted by Crippen LogP contribution is 2.19. The van der Waals surface area contributed by atoms with Crippen molar-refractivity contribution in [2.75, 3.05) is 72.8 Å². The van der Waals surface area contributed by atoms with E-state index < -0.39 is 10.0 Å². The third-order valence-corrected chi connectivity index (χ3v) is 5.87. The molecular formula is C17H37N5O3S. The first-order valence-electron chi connectivity index (χ1n) is 9.51. The third-order valence-electron chi connectivity index (χ3n) is 4.57. The summed E-state index contributed by atoms with van der Waals surface area (Å²) in [7, 11) is 0.778. The Morgan fingerprint density at radius 3 is 2.54 bits per heavy atom. The second kappa shape index (κ2) is 12.5. The lowest BCUT2D eigenvalue weighted by Crippen LogP contribution is -2.42. The summed E-state index contributed by atoms with van der Waals surface area (Å²) in [5.41, 5.74) is 0. The summed E-state index contributed by atoms with van der Waals surface area (Å²) < 4.78 is 29.8. The topological polar surface area (TPSA) is 86.3 Å². The Morgan fingerprint density at radius 1 is 1.27 bits per heavy atom. The van der Waals surface area contributed by atoms with Gasteiger partial charge in [-0.15, -0.1) is 0 Å². The molecule has 1 heterocycles. The van der Waals surface area contributed by atoms with Gasteiger partial charge in [0, 0.05) is 59.5 Å². The number of piperidine rings is 1. The number of hydrogen-bond acceptors (Lipinski definition) is 5. The van der Waals surface area contributed by atoms with E-state index in [0.29, 0.717) is 19.0 Å². The van der Waals surface area contributed by atoms with Crippen molar-refractivity contribution in [3.05, 3.63) is 0 Å². The van der Waals surface area contributed by atoms with E-state index in [4.69, 9.17) is 4.74 Å². The van der Waals surface area contributed by atoms with E-state index in [9.17, 15) is 8.42 Å². The summed E-state index contributed by atoms with van der Waals surface area (Å²) in [5.74, 6) is 1.28. The van der Waals surface area contributed by atoms with Crippen LogP contribution in [-0.4, -0.2) is 96.4 Å². The molecule has 0 aromatic rings. The highest BCUT2D eigenvalue weighted by atomic mass is 32.2. The van der Waals surface area contributed by atoms with Crippen LogP contribution in [0.2, 0.25) is 0 Å². The molecule has 0 atom stereocenters. The van der Waals surface area contributed by atoms with Gasteiger partial charge < -0.3 is 20.3 Å². The second-order valence-electron chi connectivity index (χ2n) is 6.90. The van der Waals surface area contributed by atoms with E-state index in [1.807, 2.05) is 0 Å². The molecule has 0 bridgehead atoms. The monoisotopic (exact) mass is 391 g/mol. The maximum atomic E-state index is 11.6. The Bertz CT molecular complexity index is 505. The molecule has 0 aromatic heterocycles. The van der Waals surface area contributed by atoms with Gasteiger partial charge >= 0.3 is 0 Å². The standard InChI is InChI=1S/C17H37N5O3S/c1-5-18-17(19-9-13-21(2)10-6-14-25-3)20-15-16-7-11-22(12-8-16)26(4,23)24/h16H,5-15H2,1-4H3,(H2,18,19,20). The number of nitrogens with zero attached hydrogens (tertiary/aromatic N) is 3. The zero-order chi connectivity index (χ0) is 19.4. The predicted octanol–water partition coefficient (Wildman–Crippen LogP) is 0.181. The Morgan fingerprint density at radius 2 is 1.96 bits per heavy atom. The molecule has 1 rings (SSSR count). The zero-order valence-corrected chi connectivity index (χ0v) is 17.6. The predicted molar refractivity (Wildman–Crippen MR) is 107 cm³/mol. The molecule has 1 saturated heterocycles. The van der Waals surface area contributed by atoms with Gasteiger partial charge in [0.2, 0.25) is 10.0 Å². The summed E-state index contributed by atoms with van der Waals surface area (Å²) >= 11 is 0. The molecule has 9 heteroatoms. The fourth-order valence-electron chi connectivity index (χ4n) is 2.94. The molecular weight excluding hydrogens is 354 g/mol. The van der Waals surface area contributed by atoms with Crippen molar-refractivity contribution in [2.45, 2.75) is 26.2 Å². The van der Waals surface area contributed by atoms with Crippen LogP contribution in [0.3, 0.4) is 0 Å². The van der Waals surface area contributed by atoms with Crippen LogP contribution < -0.4 is 10.6 Å². The van der Waals surface area contributed by atoms with Crippen LogP contribution in [-0.2, 0) is 14.8 Å². The minimum atomic E-state index is -3.06. The van der Waals surface area contributed by atoms with Gasteiger partial charge in [0.25, 0.3) is 0 Å². The van der Waals surface area contributed by atoms with Crippen molar-refractivity contribution in [3.8, 4) is 0 Å². The minimum Gasteiger partial charge on any atom is -0.385 e. The number of aliphatic imine (C=N–C) groups is 1. The maximum Gasteiger partial charge on any atom is 0.211 e. The number of methoxy groups -OCH3 is 1. The molecule has 0 aliphatic carbocycles. The molecule has 0 aromatic carbocycles. The SMILES string of the molecule is CCNC(=NCC1CCN(S(C)(=O)=O)CC1)NCCN(C)CCCOC. The van der Waals surface area contributed by atoms with E-state index in [1.165, 1.54) is 6.26 Å². The number of sulfonamides is 1. The van der Waals surface area contributed by atoms with E-state index in [0.717, 1.165) is 64.6 Å². The average molecular weight is 392 g/mol. The Balaban J connectivity index is 2.33. The summed E-state index contributed by atoms with van der Waals surface area (Å²) in [4.78, 5) is 6.96. The summed E-state index contributed by atoms with van der Waals surface area (Å²) in [5, 5.41) is 6.65. The molecule has 154 valence electrons. The van der Waals surface area contributed by atoms with Crippen LogP contribution in [0.15, 0.2) is 4.99 Å². The number of hydrogen-bond donors (Lipinski definition) is 2. The summed E-state index contributed by atoms with van der Waals surface area (Å²) in [6, 6.07) is 0. The number of nitrogens with one attached hydrogen (secondary N) is 2. The van der Waals surface area contributed by atoms with E-state index in [1.54, 1.807) is 11.4 Å². The van der Waals surface area contributed by atoms with Gasteiger partial charge in [-0.05, 0) is 39.2 Å². The van der Waals surface area contributed by atoms with Gasteiger partial charge in [0.15, 0.2) is 5.96 Å². The quantitative estimate of drug-likeness (QED) is 0.297. The lowest BCUT2D eigenvalue weighted by Gasteiger charge is -2.29. The third kappa shape index (κ3) is 9.70. The van der Waals surface area contributed by atoms with Crippen LogP contribution in [0.1, 0.15) is 26.2 Å². The lowest BCUT2D eigenvalue weighted by molar-refractivity contribution is 0.180. The number of ether oxygens (including phenoxy) is 1. The molecule has 2 N–H and O–H groups in total. The highest BCUT2D eigenvalue weighted by Gasteiger charge is 2.24. The zero-order valence-electron chi connectivity index (χ0n) is 16.8. The van der Waals surface area contributed by atoms with E-state index in [-0.39, 0.29) is 0 Å². The molecule has 1 aliphatic rings. The van der Waals surface area contributed by atoms with Crippen molar-refractivity contribution >= 4 is 16.0 Å². The second-order valence-corrected chi connectivity index (χ2v) is 8.88. The highest BCUT2D eigenvalue weighted by molar-refractivity contribution is 7.88. The number of rotatable bonds is 11. The molecule has 1 aliphatic heterocycles. The van der Waals surface area contributed by atoms with Crippen LogP contribution in [0.4, 0.5) is 0 Å². The smallest absolute Gasteiger partial charge is 0.211 e. The largest absolute Gasteiger partial charge is 0.385 e. The minimum absolute atomic E-state index is 0.445. The first-order valence-corrected chi connectivity index (χ1v) is 11.4. The molecule has 8 nitrogen and oxygen atoms in total. The first kappa shape index (κ1) is 23.1. The molecule has 0 spiro atoms. The van der Waals surface area contributed by atoms with Crippen molar-refractivity contribution in [3.63, 3.8) is 0 Å². The van der Waals surface area contributed by atoms with Crippen LogP contribution in [0.25, 0.3) is 0 Å². The average Bonchev–Trinajstić information content (AvgIpc) is 2.59. The van der Waals surface area contributed by atoms with E-state index in [2.05, 4.69) is 34.5 Å². The summed E-state index contributed by atoms with van der Waals surface area (Å²) in [6.07, 6.45) is 4.06. The Labute approximate surface area is 159 Å². The number of likely N-dealkylation sites (N-methyl/N-ethyl adjacent to an activating group) is 1. The molecule has 0 amide bonds. The van der Waals surface area contributed by atoms with Gasteiger partial charge in [0.05, 0.1) is 6.26 Å². The van der Waals surface area contributed by atoms with Gasteiger partial charge in [0.1, 0.15) is 0 Å². The fourth-order valence-corrected chi connectivity index (χ4v) is 3.82. The van der Waals surface area contributed by atoms with Gasteiger partial charge in [-0.25, -0.2) is 12.7 Å². The van der Waals surface area contributed by atoms with Crippen molar-refractivity contribution in [1.29, 1.82) is 0 Å². The number of guanidine groups is 1.